The summed E-state index contributed by atoms with van der Waals surface area (Å²) in [5.41, 5.74) is 19.7. The van der Waals surface area contributed by atoms with Crippen molar-refractivity contribution in [3.63, 3.8) is 0 Å². The van der Waals surface area contributed by atoms with Crippen molar-refractivity contribution in [1.82, 2.24) is 0 Å². The molecule has 1 unspecified atom stereocenters. The minimum absolute atomic E-state index is 0.113. The van der Waals surface area contributed by atoms with Gasteiger partial charge in [0, 0.05) is 27.9 Å². The molecule has 0 amide bonds. The molecule has 0 aromatic heterocycles. The Bertz CT molecular complexity index is 2630. The largest absolute Gasteiger partial charge is 0.310 e. The zero-order valence-electron chi connectivity index (χ0n) is 34.5. The van der Waals surface area contributed by atoms with Crippen molar-refractivity contribution >= 4 is 30.3 Å². The highest BCUT2D eigenvalue weighted by molar-refractivity contribution is 6.88. The maximum Gasteiger partial charge on any atom is 0.0775 e. The minimum Gasteiger partial charge on any atom is -0.310 e. The lowest BCUT2D eigenvalue weighted by molar-refractivity contribution is -0.00187. The molecule has 0 saturated heterocycles. The van der Waals surface area contributed by atoms with Gasteiger partial charge in [-0.2, -0.15) is 0 Å². The Labute approximate surface area is 346 Å². The Balaban J connectivity index is 0.984. The molecule has 0 radical (unpaired) electrons. The summed E-state index contributed by atoms with van der Waals surface area (Å²) in [6, 6.07) is 53.2. The number of fused-ring (bicyclic) bond motifs is 14. The van der Waals surface area contributed by atoms with Crippen molar-refractivity contribution < 1.29 is 0 Å². The molecule has 288 valence electrons. The summed E-state index contributed by atoms with van der Waals surface area (Å²) in [5, 5.41) is 1.51. The Hall–Kier alpha value is -4.66. The van der Waals surface area contributed by atoms with Crippen molar-refractivity contribution in [2.45, 2.75) is 94.7 Å². The summed E-state index contributed by atoms with van der Waals surface area (Å²) < 4.78 is 0. The highest BCUT2D eigenvalue weighted by atomic mass is 28.3. The second-order valence-electron chi connectivity index (χ2n) is 20.9. The molecule has 7 aliphatic rings. The predicted octanol–water partition coefficient (Wildman–Crippen LogP) is 14.3. The quantitative estimate of drug-likeness (QED) is 0.158. The Morgan fingerprint density at radius 3 is 1.60 bits per heavy atom. The van der Waals surface area contributed by atoms with E-state index >= 15 is 0 Å². The van der Waals surface area contributed by atoms with E-state index in [0.29, 0.717) is 5.41 Å². The van der Waals surface area contributed by atoms with Crippen molar-refractivity contribution in [2.75, 3.05) is 4.90 Å². The maximum absolute atomic E-state index is 2.70. The number of benzene rings is 6. The van der Waals surface area contributed by atoms with E-state index in [-0.39, 0.29) is 10.8 Å². The number of nitrogens with zero attached hydrogens (tertiary/aromatic N) is 1. The molecule has 3 bridgehead atoms. The van der Waals surface area contributed by atoms with Gasteiger partial charge in [-0.1, -0.05) is 141 Å². The Morgan fingerprint density at radius 2 is 0.966 bits per heavy atom. The van der Waals surface area contributed by atoms with Crippen LogP contribution in [0.15, 0.2) is 133 Å². The fourth-order valence-electron chi connectivity index (χ4n) is 15.2. The summed E-state index contributed by atoms with van der Waals surface area (Å²) in [6.45, 7) is 7.30. The van der Waals surface area contributed by atoms with Crippen LogP contribution in [-0.4, -0.2) is 8.07 Å². The van der Waals surface area contributed by atoms with Gasteiger partial charge in [-0.3, -0.25) is 0 Å². The molecule has 5 fully saturated rings. The van der Waals surface area contributed by atoms with Crippen molar-refractivity contribution in [3.8, 4) is 33.4 Å². The molecular formula is C56H55NSi. The Morgan fingerprint density at radius 1 is 0.466 bits per heavy atom. The van der Waals surface area contributed by atoms with Gasteiger partial charge >= 0.3 is 0 Å². The second-order valence-corrected chi connectivity index (χ2v) is 26.0. The van der Waals surface area contributed by atoms with E-state index < -0.39 is 8.07 Å². The average Bonchev–Trinajstić information content (AvgIpc) is 3.87. The van der Waals surface area contributed by atoms with Crippen molar-refractivity contribution in [2.24, 2.45) is 29.1 Å². The number of rotatable bonds is 5. The first-order valence-electron chi connectivity index (χ1n) is 22.8. The smallest absolute Gasteiger partial charge is 0.0775 e. The maximum atomic E-state index is 2.70. The monoisotopic (exact) mass is 769 g/mol. The van der Waals surface area contributed by atoms with Crippen LogP contribution in [0.25, 0.3) is 33.4 Å². The molecule has 0 aliphatic heterocycles. The third-order valence-electron chi connectivity index (χ3n) is 17.7. The molecule has 6 atom stereocenters. The molecule has 5 saturated carbocycles. The van der Waals surface area contributed by atoms with E-state index in [1.165, 1.54) is 120 Å². The number of hydrogen-bond acceptors (Lipinski definition) is 1. The molecule has 1 nitrogen and oxygen atoms in total. The van der Waals surface area contributed by atoms with Gasteiger partial charge in [0.05, 0.1) is 8.07 Å². The van der Waals surface area contributed by atoms with Gasteiger partial charge in [0.25, 0.3) is 0 Å². The van der Waals surface area contributed by atoms with Crippen LogP contribution in [0.4, 0.5) is 17.1 Å². The zero-order chi connectivity index (χ0) is 38.6. The van der Waals surface area contributed by atoms with Crippen molar-refractivity contribution in [1.29, 1.82) is 0 Å². The van der Waals surface area contributed by atoms with E-state index in [9.17, 15) is 0 Å². The molecule has 6 aromatic carbocycles. The van der Waals surface area contributed by atoms with E-state index in [1.54, 1.807) is 22.3 Å². The molecule has 6 aromatic rings. The van der Waals surface area contributed by atoms with E-state index in [0.717, 1.165) is 23.7 Å². The first-order valence-corrected chi connectivity index (χ1v) is 26.3. The van der Waals surface area contributed by atoms with Crippen LogP contribution in [0.5, 0.6) is 0 Å². The summed E-state index contributed by atoms with van der Waals surface area (Å²) in [5.74, 6) is 3.45. The van der Waals surface area contributed by atoms with Gasteiger partial charge in [0.1, 0.15) is 0 Å². The van der Waals surface area contributed by atoms with Crippen LogP contribution in [0.1, 0.15) is 86.5 Å². The van der Waals surface area contributed by atoms with Crippen molar-refractivity contribution in [3.05, 3.63) is 156 Å². The van der Waals surface area contributed by atoms with E-state index in [2.05, 4.69) is 158 Å². The highest BCUT2D eigenvalue weighted by Crippen LogP contribution is 2.82. The van der Waals surface area contributed by atoms with E-state index in [4.69, 9.17) is 0 Å². The SMILES string of the molecule is C[Si](C)(C)c1ccc(-c2ccc(N(c3ccc4c(c3)C3(CCCCC3)c3ccccc3-4)c3ccc4c(c3)[C@]3(c5ccccc5-4)[C@@H]4CC5C[C@@H]6C[C@@H]3C[C@]56C4)cc2)cc1. The predicted molar refractivity (Wildman–Crippen MR) is 245 cm³/mol. The van der Waals surface area contributed by atoms with Gasteiger partial charge < -0.3 is 4.90 Å². The van der Waals surface area contributed by atoms with Crippen LogP contribution < -0.4 is 10.1 Å². The number of anilines is 3. The van der Waals surface area contributed by atoms with Gasteiger partial charge in [-0.05, 0) is 166 Å². The van der Waals surface area contributed by atoms with Gasteiger partial charge in [-0.15, -0.1) is 0 Å². The van der Waals surface area contributed by atoms with Crippen LogP contribution in [0, 0.1) is 29.1 Å². The normalized spacial score (nSPS) is 28.5. The second kappa shape index (κ2) is 11.8. The van der Waals surface area contributed by atoms with Crippen LogP contribution in [0.2, 0.25) is 19.6 Å². The average molecular weight is 770 g/mol. The van der Waals surface area contributed by atoms with Crippen LogP contribution in [0.3, 0.4) is 0 Å². The van der Waals surface area contributed by atoms with Gasteiger partial charge in [0.2, 0.25) is 0 Å². The zero-order valence-corrected chi connectivity index (χ0v) is 35.5. The molecule has 3 spiro atoms. The molecule has 0 N–H and O–H groups in total. The molecule has 58 heavy (non-hydrogen) atoms. The molecule has 13 rings (SSSR count). The first kappa shape index (κ1) is 34.2. The summed E-state index contributed by atoms with van der Waals surface area (Å²) in [7, 11) is -1.36. The third kappa shape index (κ3) is 4.33. The van der Waals surface area contributed by atoms with E-state index in [1.807, 2.05) is 0 Å². The lowest BCUT2D eigenvalue weighted by atomic mass is 9.54. The molecule has 7 aliphatic carbocycles. The molecule has 2 heteroatoms. The summed E-state index contributed by atoms with van der Waals surface area (Å²) >= 11 is 0. The summed E-state index contributed by atoms with van der Waals surface area (Å²) in [6.07, 6.45) is 13.7. The fourth-order valence-corrected chi connectivity index (χ4v) is 16.4. The summed E-state index contributed by atoms with van der Waals surface area (Å²) in [4.78, 5) is 2.63. The lowest BCUT2D eigenvalue weighted by Crippen LogP contribution is -2.45. The van der Waals surface area contributed by atoms with Gasteiger partial charge in [0.15, 0.2) is 0 Å². The number of hydrogen-bond donors (Lipinski definition) is 0. The van der Waals surface area contributed by atoms with Gasteiger partial charge in [-0.25, -0.2) is 0 Å². The lowest BCUT2D eigenvalue weighted by Gasteiger charge is -2.50. The highest BCUT2D eigenvalue weighted by Gasteiger charge is 2.74. The molecular weight excluding hydrogens is 715 g/mol. The fraction of sp³-hybridized carbons (Fsp3) is 0.357. The van der Waals surface area contributed by atoms with Crippen LogP contribution in [-0.2, 0) is 10.8 Å². The standard InChI is InChI=1S/C56H55NSi/c1-58(2,3)45-23-17-37(18-24-45)36-15-19-42(20-16-36)57(43-21-25-48-46-11-5-7-13-50(46)54(52(48)32-43)27-9-4-10-28-54)44-22-26-49-47-12-6-8-14-51(47)56(53(49)33-44)40-30-38-29-39-31-41(56)35-55(38,39)34-40/h5-8,11-26,32-33,38-41H,4,9-10,27-31,34-35H2,1-3H3/t38-,39?,40-,41-,55-,56+/m1/s1. The first-order chi connectivity index (χ1) is 28.3. The Kier molecular flexibility index (Phi) is 6.93. The third-order valence-corrected chi connectivity index (χ3v) is 19.7. The topological polar surface area (TPSA) is 3.24 Å². The van der Waals surface area contributed by atoms with Crippen LogP contribution >= 0.6 is 0 Å². The minimum atomic E-state index is -1.36. The molecule has 0 heterocycles.